The fourth-order valence-electron chi connectivity index (χ4n) is 5.33. The molecule has 34 heavy (non-hydrogen) atoms. The number of anilines is 1. The third kappa shape index (κ3) is 4.13. The molecule has 6 atom stereocenters. The van der Waals surface area contributed by atoms with E-state index in [0.717, 1.165) is 24.0 Å². The van der Waals surface area contributed by atoms with Crippen LogP contribution in [0.1, 0.15) is 43.9 Å². The molecule has 2 saturated carbocycles. The molecule has 7 nitrogen and oxygen atoms in total. The monoisotopic (exact) mass is 506 g/mol. The molecule has 4 N–H and O–H groups in total. The molecule has 0 radical (unpaired) electrons. The molecule has 2 aliphatic rings. The molecule has 2 fully saturated rings. The summed E-state index contributed by atoms with van der Waals surface area (Å²) in [6, 6.07) is 4.56. The molecule has 0 saturated heterocycles. The van der Waals surface area contributed by atoms with Crippen LogP contribution < -0.4 is 10.5 Å². The quantitative estimate of drug-likeness (QED) is 0.428. The van der Waals surface area contributed by atoms with Crippen molar-refractivity contribution in [3.63, 3.8) is 0 Å². The number of halogens is 3. The zero-order chi connectivity index (χ0) is 24.1. The molecule has 2 heterocycles. The van der Waals surface area contributed by atoms with Crippen LogP contribution in [0.2, 0.25) is 10.0 Å². The van der Waals surface area contributed by atoms with Gasteiger partial charge in [-0.15, -0.1) is 0 Å². The first-order valence-corrected chi connectivity index (χ1v) is 11.9. The Morgan fingerprint density at radius 3 is 2.74 bits per heavy atom. The molecule has 1 aromatic carbocycles. The molecular formula is C24H25Cl2FN4O3. The molecule has 5 unspecified atom stereocenters. The first-order chi connectivity index (χ1) is 16.2. The number of benzene rings is 1. The van der Waals surface area contributed by atoms with E-state index in [1.54, 1.807) is 25.4 Å². The topological polar surface area (TPSA) is 106 Å². The SMILES string of the molecule is C[C@@H](Oc1cc(-c2cnn(C3CC4CC(O)C(O)C4C3)c2)cnc1N)c1c(Cl)ccc(F)c1Cl. The van der Waals surface area contributed by atoms with Gasteiger partial charge in [0.2, 0.25) is 0 Å². The fourth-order valence-corrected chi connectivity index (χ4v) is 6.00. The maximum absolute atomic E-state index is 14.0. The van der Waals surface area contributed by atoms with E-state index in [-0.39, 0.29) is 22.8 Å². The average Bonchev–Trinajstić information content (AvgIpc) is 3.50. The van der Waals surface area contributed by atoms with Crippen LogP contribution in [0.15, 0.2) is 36.8 Å². The zero-order valence-electron chi connectivity index (χ0n) is 18.4. The first kappa shape index (κ1) is 23.4. The van der Waals surface area contributed by atoms with Crippen molar-refractivity contribution in [3.8, 4) is 16.9 Å². The predicted molar refractivity (Wildman–Crippen MR) is 127 cm³/mol. The van der Waals surface area contributed by atoms with Gasteiger partial charge in [-0.2, -0.15) is 5.10 Å². The zero-order valence-corrected chi connectivity index (χ0v) is 19.9. The molecule has 5 rings (SSSR count). The molecule has 180 valence electrons. The second-order valence-corrected chi connectivity index (χ2v) is 9.96. The third-order valence-electron chi connectivity index (χ3n) is 7.08. The molecule has 2 aliphatic carbocycles. The number of nitrogens with zero attached hydrogens (tertiary/aromatic N) is 3. The van der Waals surface area contributed by atoms with E-state index in [1.807, 2.05) is 10.9 Å². The average molecular weight is 507 g/mol. The van der Waals surface area contributed by atoms with E-state index in [2.05, 4.69) is 10.1 Å². The third-order valence-corrected chi connectivity index (χ3v) is 7.80. The summed E-state index contributed by atoms with van der Waals surface area (Å²) < 4.78 is 21.9. The van der Waals surface area contributed by atoms with Crippen molar-refractivity contribution in [2.75, 3.05) is 5.73 Å². The molecular weight excluding hydrogens is 482 g/mol. The Labute approximate surface area is 206 Å². The van der Waals surface area contributed by atoms with Crippen LogP contribution in [0.5, 0.6) is 5.75 Å². The number of nitrogen functional groups attached to an aromatic ring is 1. The summed E-state index contributed by atoms with van der Waals surface area (Å²) in [5.74, 6) is 0.337. The van der Waals surface area contributed by atoms with Crippen LogP contribution in [-0.2, 0) is 0 Å². The molecule has 3 aromatic rings. The van der Waals surface area contributed by atoms with E-state index in [1.165, 1.54) is 12.1 Å². The van der Waals surface area contributed by atoms with Crippen molar-refractivity contribution < 1.29 is 19.3 Å². The maximum atomic E-state index is 14.0. The largest absolute Gasteiger partial charge is 0.482 e. The summed E-state index contributed by atoms with van der Waals surface area (Å²) in [4.78, 5) is 4.25. The van der Waals surface area contributed by atoms with Gasteiger partial charge in [-0.3, -0.25) is 4.68 Å². The Morgan fingerprint density at radius 1 is 1.18 bits per heavy atom. The van der Waals surface area contributed by atoms with Crippen LogP contribution in [0.3, 0.4) is 0 Å². The summed E-state index contributed by atoms with van der Waals surface area (Å²) in [5.41, 5.74) is 7.97. The van der Waals surface area contributed by atoms with Gasteiger partial charge in [-0.1, -0.05) is 23.2 Å². The number of aliphatic hydroxyl groups excluding tert-OH is 2. The summed E-state index contributed by atoms with van der Waals surface area (Å²) in [5, 5.41) is 24.9. The van der Waals surface area contributed by atoms with Gasteiger partial charge in [0.25, 0.3) is 0 Å². The lowest BCUT2D eigenvalue weighted by molar-refractivity contribution is 0.0178. The van der Waals surface area contributed by atoms with Crippen LogP contribution in [0, 0.1) is 17.7 Å². The highest BCUT2D eigenvalue weighted by Crippen LogP contribution is 2.49. The van der Waals surface area contributed by atoms with Crippen molar-refractivity contribution in [1.29, 1.82) is 0 Å². The minimum atomic E-state index is -0.669. The van der Waals surface area contributed by atoms with Crippen LogP contribution >= 0.6 is 23.2 Å². The Bertz CT molecular complexity index is 1220. The Morgan fingerprint density at radius 2 is 1.97 bits per heavy atom. The summed E-state index contributed by atoms with van der Waals surface area (Å²) in [7, 11) is 0. The summed E-state index contributed by atoms with van der Waals surface area (Å²) in [6.07, 6.45) is 5.67. The summed E-state index contributed by atoms with van der Waals surface area (Å²) >= 11 is 12.3. The van der Waals surface area contributed by atoms with Gasteiger partial charge in [-0.05, 0) is 56.2 Å². The number of rotatable bonds is 5. The number of pyridine rings is 1. The van der Waals surface area contributed by atoms with Gasteiger partial charge < -0.3 is 20.7 Å². The molecule has 0 bridgehead atoms. The normalized spacial score (nSPS) is 27.1. The van der Waals surface area contributed by atoms with E-state index in [4.69, 9.17) is 33.7 Å². The first-order valence-electron chi connectivity index (χ1n) is 11.2. The molecule has 10 heteroatoms. The Kier molecular flexibility index (Phi) is 6.18. The highest BCUT2D eigenvalue weighted by molar-refractivity contribution is 6.36. The smallest absolute Gasteiger partial charge is 0.166 e. The lowest BCUT2D eigenvalue weighted by Crippen LogP contribution is -2.25. The van der Waals surface area contributed by atoms with Gasteiger partial charge in [0, 0.05) is 34.1 Å². The molecule has 2 aromatic heterocycles. The minimum absolute atomic E-state index is 0.0945. The number of fused-ring (bicyclic) bond motifs is 1. The van der Waals surface area contributed by atoms with Gasteiger partial charge in [-0.25, -0.2) is 9.37 Å². The van der Waals surface area contributed by atoms with Crippen LogP contribution in [-0.4, -0.2) is 37.2 Å². The van der Waals surface area contributed by atoms with E-state index >= 15 is 0 Å². The fraction of sp³-hybridized carbons (Fsp3) is 0.417. The molecule has 0 amide bonds. The second kappa shape index (κ2) is 9.00. The Balaban J connectivity index is 1.35. The van der Waals surface area contributed by atoms with Gasteiger partial charge in [0.1, 0.15) is 11.9 Å². The van der Waals surface area contributed by atoms with Crippen molar-refractivity contribution in [1.82, 2.24) is 14.8 Å². The maximum Gasteiger partial charge on any atom is 0.166 e. The number of nitrogens with two attached hydrogens (primary N) is 1. The predicted octanol–water partition coefficient (Wildman–Crippen LogP) is 4.81. The van der Waals surface area contributed by atoms with Crippen molar-refractivity contribution in [2.24, 2.45) is 11.8 Å². The number of hydrogen-bond donors (Lipinski definition) is 3. The van der Waals surface area contributed by atoms with Crippen LogP contribution in [0.4, 0.5) is 10.2 Å². The highest BCUT2D eigenvalue weighted by Gasteiger charge is 2.47. The number of aliphatic hydroxyl groups is 2. The van der Waals surface area contributed by atoms with Crippen molar-refractivity contribution in [2.45, 2.75) is 50.5 Å². The van der Waals surface area contributed by atoms with E-state index in [9.17, 15) is 14.6 Å². The van der Waals surface area contributed by atoms with Crippen LogP contribution in [0.25, 0.3) is 11.1 Å². The number of ether oxygens (including phenoxy) is 1. The van der Waals surface area contributed by atoms with Gasteiger partial charge in [0.15, 0.2) is 11.6 Å². The van der Waals surface area contributed by atoms with Gasteiger partial charge in [0.05, 0.1) is 29.5 Å². The van der Waals surface area contributed by atoms with Crippen molar-refractivity contribution >= 4 is 29.0 Å². The molecule has 0 spiro atoms. The van der Waals surface area contributed by atoms with E-state index in [0.29, 0.717) is 28.7 Å². The molecule has 0 aliphatic heterocycles. The number of hydrogen-bond acceptors (Lipinski definition) is 6. The second-order valence-electron chi connectivity index (χ2n) is 9.18. The standard InChI is InChI=1S/C24H25Cl2FN4O3/c1-11(21-17(25)2-3-18(27)22(21)26)34-20-6-13(8-29-24(20)28)14-9-30-31(10-14)15-4-12-5-19(32)23(33)16(12)7-15/h2-3,6,8-12,15-16,19,23,32-33H,4-5,7H2,1H3,(H2,28,29)/t11-,12?,15?,16?,19?,23?/m1/s1. The lowest BCUT2D eigenvalue weighted by Gasteiger charge is -2.19. The minimum Gasteiger partial charge on any atom is -0.482 e. The van der Waals surface area contributed by atoms with Crippen molar-refractivity contribution in [3.05, 3.63) is 58.2 Å². The summed E-state index contributed by atoms with van der Waals surface area (Å²) in [6.45, 7) is 1.71. The highest BCUT2D eigenvalue weighted by atomic mass is 35.5. The Hall–Kier alpha value is -2.39. The van der Waals surface area contributed by atoms with E-state index < -0.39 is 24.1 Å². The van der Waals surface area contributed by atoms with Gasteiger partial charge >= 0.3 is 0 Å². The number of aromatic nitrogens is 3. The lowest BCUT2D eigenvalue weighted by atomic mass is 9.99.